The molecule has 1 heterocycles. The summed E-state index contributed by atoms with van der Waals surface area (Å²) in [7, 11) is -2.72. The molecule has 0 bridgehead atoms. The van der Waals surface area contributed by atoms with E-state index in [-0.39, 0.29) is 16.2 Å². The normalized spacial score (nSPS) is 11.4. The van der Waals surface area contributed by atoms with Crippen molar-refractivity contribution >= 4 is 27.4 Å². The molecule has 0 saturated carbocycles. The number of rotatable bonds is 5. The van der Waals surface area contributed by atoms with Crippen LogP contribution in [-0.4, -0.2) is 21.8 Å². The van der Waals surface area contributed by atoms with E-state index in [0.29, 0.717) is 23.0 Å². The zero-order chi connectivity index (χ0) is 17.3. The Hall–Kier alpha value is -2.80. The molecule has 0 aliphatic heterocycles. The fraction of sp³-hybridized carbons (Fsp3) is 0.118. The Balaban J connectivity index is 2.08. The van der Waals surface area contributed by atoms with Crippen molar-refractivity contribution in [3.63, 3.8) is 0 Å². The molecule has 0 atom stereocenters. The van der Waals surface area contributed by atoms with Gasteiger partial charge in [-0.15, -0.1) is 0 Å². The van der Waals surface area contributed by atoms with Gasteiger partial charge in [-0.2, -0.15) is 8.42 Å². The van der Waals surface area contributed by atoms with E-state index in [4.69, 9.17) is 13.3 Å². The predicted molar refractivity (Wildman–Crippen MR) is 87.1 cm³/mol. The number of hydrogen-bond donors (Lipinski definition) is 0. The summed E-state index contributed by atoms with van der Waals surface area (Å²) in [5.41, 5.74) is 1.29. The lowest BCUT2D eigenvalue weighted by molar-refractivity contribution is 0.112. The van der Waals surface area contributed by atoms with E-state index < -0.39 is 10.1 Å². The third-order valence-corrected chi connectivity index (χ3v) is 4.70. The quantitative estimate of drug-likeness (QED) is 0.520. The van der Waals surface area contributed by atoms with Crippen LogP contribution in [-0.2, 0) is 10.1 Å². The van der Waals surface area contributed by atoms with Crippen LogP contribution in [0.2, 0.25) is 0 Å². The van der Waals surface area contributed by atoms with Crippen LogP contribution < -0.4 is 8.92 Å². The fourth-order valence-electron chi connectivity index (χ4n) is 2.33. The fourth-order valence-corrected chi connectivity index (χ4v) is 3.33. The van der Waals surface area contributed by atoms with E-state index in [0.717, 1.165) is 5.56 Å². The maximum absolute atomic E-state index is 12.6. The van der Waals surface area contributed by atoms with Gasteiger partial charge >= 0.3 is 10.1 Å². The van der Waals surface area contributed by atoms with Crippen LogP contribution in [0, 0.1) is 6.92 Å². The average Bonchev–Trinajstić information content (AvgIpc) is 3.02. The molecule has 7 heteroatoms. The monoisotopic (exact) mass is 346 g/mol. The third-order valence-electron chi connectivity index (χ3n) is 3.49. The van der Waals surface area contributed by atoms with Crippen LogP contribution in [0.4, 0.5) is 0 Å². The molecule has 3 aromatic rings. The van der Waals surface area contributed by atoms with Gasteiger partial charge < -0.3 is 13.3 Å². The molecule has 3 rings (SSSR count). The van der Waals surface area contributed by atoms with E-state index in [1.54, 1.807) is 31.2 Å². The number of fused-ring (bicyclic) bond motifs is 1. The first-order valence-corrected chi connectivity index (χ1v) is 8.41. The lowest BCUT2D eigenvalue weighted by Gasteiger charge is -2.11. The molecule has 1 aromatic heterocycles. The van der Waals surface area contributed by atoms with Gasteiger partial charge in [0.25, 0.3) is 0 Å². The molecule has 0 fully saturated rings. The number of aldehydes is 1. The Morgan fingerprint density at radius 3 is 2.58 bits per heavy atom. The second-order valence-electron chi connectivity index (χ2n) is 5.16. The molecule has 124 valence electrons. The third kappa shape index (κ3) is 2.85. The Kier molecular flexibility index (Phi) is 4.02. The molecular weight excluding hydrogens is 332 g/mol. The standard InChI is InChI=1S/C17H14O6S/c1-11-3-4-15(21-2)16(7-11)23-24(19,20)14-8-12-5-6-22-17(12)13(9-14)10-18/h3-10H,1-2H3. The van der Waals surface area contributed by atoms with Crippen LogP contribution in [0.5, 0.6) is 11.5 Å². The molecule has 0 radical (unpaired) electrons. The average molecular weight is 346 g/mol. The van der Waals surface area contributed by atoms with Gasteiger partial charge in [0.1, 0.15) is 10.5 Å². The van der Waals surface area contributed by atoms with Crippen LogP contribution in [0.15, 0.2) is 52.0 Å². The molecule has 0 unspecified atom stereocenters. The zero-order valence-corrected chi connectivity index (χ0v) is 13.8. The van der Waals surface area contributed by atoms with Crippen molar-refractivity contribution in [2.45, 2.75) is 11.8 Å². The van der Waals surface area contributed by atoms with Gasteiger partial charge in [-0.25, -0.2) is 0 Å². The number of methoxy groups -OCH3 is 1. The van der Waals surface area contributed by atoms with Crippen molar-refractivity contribution in [2.75, 3.05) is 7.11 Å². The van der Waals surface area contributed by atoms with Crippen molar-refractivity contribution in [1.82, 2.24) is 0 Å². The number of benzene rings is 2. The van der Waals surface area contributed by atoms with E-state index in [1.165, 1.54) is 25.5 Å². The second kappa shape index (κ2) is 6.01. The molecule has 0 spiro atoms. The Morgan fingerprint density at radius 2 is 1.88 bits per heavy atom. The molecule has 0 aliphatic rings. The predicted octanol–water partition coefficient (Wildman–Crippen LogP) is 3.33. The largest absolute Gasteiger partial charge is 0.493 e. The number of aryl methyl sites for hydroxylation is 1. The summed E-state index contributed by atoms with van der Waals surface area (Å²) >= 11 is 0. The van der Waals surface area contributed by atoms with Crippen LogP contribution >= 0.6 is 0 Å². The molecule has 0 N–H and O–H groups in total. The molecule has 0 aliphatic carbocycles. The number of carbonyl (C=O) groups is 1. The summed E-state index contributed by atoms with van der Waals surface area (Å²) in [6, 6.07) is 9.15. The summed E-state index contributed by atoms with van der Waals surface area (Å²) in [6.45, 7) is 1.81. The van der Waals surface area contributed by atoms with E-state index >= 15 is 0 Å². The highest BCUT2D eigenvalue weighted by Gasteiger charge is 2.22. The highest BCUT2D eigenvalue weighted by Crippen LogP contribution is 2.32. The lowest BCUT2D eigenvalue weighted by Crippen LogP contribution is -2.11. The maximum Gasteiger partial charge on any atom is 0.339 e. The van der Waals surface area contributed by atoms with E-state index in [2.05, 4.69) is 0 Å². The van der Waals surface area contributed by atoms with Gasteiger partial charge in [0.2, 0.25) is 0 Å². The van der Waals surface area contributed by atoms with Crippen LogP contribution in [0.25, 0.3) is 11.0 Å². The van der Waals surface area contributed by atoms with Gasteiger partial charge in [0.15, 0.2) is 17.8 Å². The molecule has 0 saturated heterocycles. The van der Waals surface area contributed by atoms with Crippen molar-refractivity contribution in [3.05, 3.63) is 53.8 Å². The molecule has 0 amide bonds. The number of furan rings is 1. The molecule has 6 nitrogen and oxygen atoms in total. The zero-order valence-electron chi connectivity index (χ0n) is 13.0. The van der Waals surface area contributed by atoms with Gasteiger partial charge in [-0.3, -0.25) is 4.79 Å². The van der Waals surface area contributed by atoms with Gasteiger partial charge in [-0.05, 0) is 42.8 Å². The minimum absolute atomic E-state index is 0.0810. The highest BCUT2D eigenvalue weighted by molar-refractivity contribution is 7.87. The summed E-state index contributed by atoms with van der Waals surface area (Å²) in [5.74, 6) is 0.376. The van der Waals surface area contributed by atoms with Crippen LogP contribution in [0.1, 0.15) is 15.9 Å². The second-order valence-corrected chi connectivity index (χ2v) is 6.71. The Morgan fingerprint density at radius 1 is 1.08 bits per heavy atom. The number of ether oxygens (including phenoxy) is 1. The van der Waals surface area contributed by atoms with Crippen LogP contribution in [0.3, 0.4) is 0 Å². The first kappa shape index (κ1) is 16.1. The van der Waals surface area contributed by atoms with Crippen molar-refractivity contribution in [2.24, 2.45) is 0 Å². The van der Waals surface area contributed by atoms with E-state index in [9.17, 15) is 13.2 Å². The van der Waals surface area contributed by atoms with Gasteiger partial charge in [0, 0.05) is 5.39 Å². The molecule has 2 aromatic carbocycles. The topological polar surface area (TPSA) is 82.8 Å². The number of hydrogen-bond acceptors (Lipinski definition) is 6. The van der Waals surface area contributed by atoms with Crippen molar-refractivity contribution < 1.29 is 26.5 Å². The minimum Gasteiger partial charge on any atom is -0.493 e. The summed E-state index contributed by atoms with van der Waals surface area (Å²) in [4.78, 5) is 11.0. The lowest BCUT2D eigenvalue weighted by atomic mass is 10.2. The first-order chi connectivity index (χ1) is 11.4. The Labute approximate surface area is 138 Å². The van der Waals surface area contributed by atoms with E-state index in [1.807, 2.05) is 0 Å². The first-order valence-electron chi connectivity index (χ1n) is 7.00. The minimum atomic E-state index is -4.15. The SMILES string of the molecule is COc1ccc(C)cc1OS(=O)(=O)c1cc(C=O)c2occc2c1. The van der Waals surface area contributed by atoms with Crippen molar-refractivity contribution in [3.8, 4) is 11.5 Å². The van der Waals surface area contributed by atoms with Gasteiger partial charge in [0.05, 0.1) is 18.9 Å². The van der Waals surface area contributed by atoms with Gasteiger partial charge in [-0.1, -0.05) is 6.07 Å². The van der Waals surface area contributed by atoms with Crippen molar-refractivity contribution in [1.29, 1.82) is 0 Å². The summed E-state index contributed by atoms with van der Waals surface area (Å²) in [6.07, 6.45) is 1.93. The number of carbonyl (C=O) groups excluding carboxylic acids is 1. The maximum atomic E-state index is 12.6. The summed E-state index contributed by atoms with van der Waals surface area (Å²) in [5, 5.41) is 0.498. The Bertz CT molecular complexity index is 1020. The highest BCUT2D eigenvalue weighted by atomic mass is 32.2. The molecule has 24 heavy (non-hydrogen) atoms. The summed E-state index contributed by atoms with van der Waals surface area (Å²) < 4.78 is 40.7. The molecular formula is C17H14O6S. The smallest absolute Gasteiger partial charge is 0.339 e.